The molecule has 28 heavy (non-hydrogen) atoms. The van der Waals surface area contributed by atoms with Gasteiger partial charge in [-0.15, -0.1) is 0 Å². The Hall–Kier alpha value is -3.22. The summed E-state index contributed by atoms with van der Waals surface area (Å²) < 4.78 is 40.4. The fourth-order valence-corrected chi connectivity index (χ4v) is 2.73. The second-order valence-electron chi connectivity index (χ2n) is 6.25. The van der Waals surface area contributed by atoms with Gasteiger partial charge < -0.3 is 5.32 Å². The third-order valence-electron chi connectivity index (χ3n) is 4.21. The van der Waals surface area contributed by atoms with Gasteiger partial charge in [0.05, 0.1) is 11.6 Å². The molecule has 0 radical (unpaired) electrons. The van der Waals surface area contributed by atoms with E-state index >= 15 is 0 Å². The largest absolute Gasteiger partial charge is 0.363 e. The third-order valence-corrected chi connectivity index (χ3v) is 4.21. The van der Waals surface area contributed by atoms with E-state index in [1.807, 2.05) is 24.3 Å². The van der Waals surface area contributed by atoms with E-state index in [2.05, 4.69) is 20.3 Å². The Bertz CT molecular complexity index is 975. The Kier molecular flexibility index (Phi) is 6.03. The molecule has 0 aliphatic heterocycles. The van der Waals surface area contributed by atoms with Crippen LogP contribution in [0.15, 0.2) is 48.9 Å². The number of hydrogen-bond donors (Lipinski definition) is 1. The average molecular weight is 384 g/mol. The van der Waals surface area contributed by atoms with E-state index in [0.29, 0.717) is 17.2 Å². The smallest absolute Gasteiger partial charge is 0.266 e. The summed E-state index contributed by atoms with van der Waals surface area (Å²) in [7, 11) is 0. The molecule has 7 heteroatoms. The molecule has 0 saturated carbocycles. The lowest BCUT2D eigenvalue weighted by atomic mass is 10.0. The second kappa shape index (κ2) is 8.65. The first-order valence-corrected chi connectivity index (χ1v) is 8.70. The first-order chi connectivity index (χ1) is 13.5. The van der Waals surface area contributed by atoms with E-state index < -0.39 is 23.8 Å². The summed E-state index contributed by atoms with van der Waals surface area (Å²) >= 11 is 0. The zero-order chi connectivity index (χ0) is 20.1. The molecule has 2 heterocycles. The van der Waals surface area contributed by atoms with Gasteiger partial charge in [-0.3, -0.25) is 4.98 Å². The standard InChI is InChI=1S/C21H19F3N4/c1-13(17-4-3-5-18(19(17)22)20(23)24)27-21-16(12-26-14(2)28-21)7-6-15-8-10-25-11-9-15/h3-13,20H,1-2H3,(H,26,27,28)/b7-6+/t13-/m1/s1. The lowest BCUT2D eigenvalue weighted by Gasteiger charge is -2.18. The van der Waals surface area contributed by atoms with Crippen LogP contribution in [0.4, 0.5) is 19.0 Å². The van der Waals surface area contributed by atoms with Gasteiger partial charge in [0.2, 0.25) is 0 Å². The summed E-state index contributed by atoms with van der Waals surface area (Å²) in [5.74, 6) is 0.127. The normalized spacial score (nSPS) is 12.5. The number of rotatable bonds is 6. The van der Waals surface area contributed by atoms with Gasteiger partial charge in [0.25, 0.3) is 6.43 Å². The minimum Gasteiger partial charge on any atom is -0.363 e. The summed E-state index contributed by atoms with van der Waals surface area (Å²) in [6, 6.07) is 7.14. The molecule has 0 aliphatic rings. The van der Waals surface area contributed by atoms with Crippen LogP contribution >= 0.6 is 0 Å². The van der Waals surface area contributed by atoms with E-state index in [9.17, 15) is 13.2 Å². The summed E-state index contributed by atoms with van der Waals surface area (Å²) in [5.41, 5.74) is 1.19. The number of aryl methyl sites for hydroxylation is 1. The number of nitrogens with zero attached hydrogens (tertiary/aromatic N) is 3. The average Bonchev–Trinajstić information content (AvgIpc) is 2.68. The Morgan fingerprint density at radius 2 is 1.75 bits per heavy atom. The molecule has 1 atom stereocenters. The fraction of sp³-hybridized carbons (Fsp3) is 0.190. The van der Waals surface area contributed by atoms with Crippen LogP contribution in [-0.2, 0) is 0 Å². The number of nitrogens with one attached hydrogen (secondary N) is 1. The molecular weight excluding hydrogens is 365 g/mol. The molecule has 3 rings (SSSR count). The highest BCUT2D eigenvalue weighted by Crippen LogP contribution is 2.29. The fourth-order valence-electron chi connectivity index (χ4n) is 2.73. The van der Waals surface area contributed by atoms with Crippen molar-refractivity contribution in [2.45, 2.75) is 26.3 Å². The van der Waals surface area contributed by atoms with Gasteiger partial charge in [-0.2, -0.15) is 0 Å². The van der Waals surface area contributed by atoms with Crippen LogP contribution in [-0.4, -0.2) is 15.0 Å². The molecule has 1 aromatic carbocycles. The summed E-state index contributed by atoms with van der Waals surface area (Å²) in [6.45, 7) is 3.44. The highest BCUT2D eigenvalue weighted by Gasteiger charge is 2.20. The maximum atomic E-state index is 14.5. The molecular formula is C21H19F3N4. The van der Waals surface area contributed by atoms with Crippen molar-refractivity contribution in [3.63, 3.8) is 0 Å². The Morgan fingerprint density at radius 1 is 1.04 bits per heavy atom. The molecule has 0 fully saturated rings. The van der Waals surface area contributed by atoms with Crippen molar-refractivity contribution in [2.24, 2.45) is 0 Å². The van der Waals surface area contributed by atoms with E-state index in [-0.39, 0.29) is 5.56 Å². The molecule has 144 valence electrons. The molecule has 2 aromatic heterocycles. The number of pyridine rings is 1. The molecule has 0 spiro atoms. The molecule has 4 nitrogen and oxygen atoms in total. The molecule has 0 saturated heterocycles. The quantitative estimate of drug-likeness (QED) is 0.601. The van der Waals surface area contributed by atoms with Crippen LogP contribution < -0.4 is 5.32 Å². The highest BCUT2D eigenvalue weighted by molar-refractivity contribution is 5.74. The first kappa shape index (κ1) is 19.5. The highest BCUT2D eigenvalue weighted by atomic mass is 19.3. The zero-order valence-electron chi connectivity index (χ0n) is 15.4. The van der Waals surface area contributed by atoms with Gasteiger partial charge in [0, 0.05) is 29.7 Å². The van der Waals surface area contributed by atoms with Gasteiger partial charge >= 0.3 is 0 Å². The van der Waals surface area contributed by atoms with E-state index in [1.165, 1.54) is 12.1 Å². The van der Waals surface area contributed by atoms with Crippen molar-refractivity contribution in [1.82, 2.24) is 15.0 Å². The summed E-state index contributed by atoms with van der Waals surface area (Å²) in [4.78, 5) is 12.6. The minimum atomic E-state index is -2.87. The Labute approximate surface area is 161 Å². The number of alkyl halides is 2. The first-order valence-electron chi connectivity index (χ1n) is 8.70. The maximum Gasteiger partial charge on any atom is 0.266 e. The van der Waals surface area contributed by atoms with E-state index in [1.54, 1.807) is 32.4 Å². The van der Waals surface area contributed by atoms with Gasteiger partial charge in [-0.25, -0.2) is 23.1 Å². The molecule has 0 bridgehead atoms. The van der Waals surface area contributed by atoms with Crippen LogP contribution in [0.25, 0.3) is 12.2 Å². The predicted octanol–water partition coefficient (Wildman–Crippen LogP) is 5.60. The van der Waals surface area contributed by atoms with Crippen molar-refractivity contribution in [1.29, 1.82) is 0 Å². The molecule has 0 unspecified atom stereocenters. The van der Waals surface area contributed by atoms with Crippen LogP contribution in [0.2, 0.25) is 0 Å². The predicted molar refractivity (Wildman–Crippen MR) is 103 cm³/mol. The number of benzene rings is 1. The Balaban J connectivity index is 1.89. The number of halogens is 3. The van der Waals surface area contributed by atoms with E-state index in [4.69, 9.17) is 0 Å². The molecule has 0 amide bonds. The molecule has 0 aliphatic carbocycles. The molecule has 3 aromatic rings. The third kappa shape index (κ3) is 4.54. The van der Waals surface area contributed by atoms with Crippen molar-refractivity contribution in [3.8, 4) is 0 Å². The second-order valence-corrected chi connectivity index (χ2v) is 6.25. The van der Waals surface area contributed by atoms with Gasteiger partial charge in [0.15, 0.2) is 0 Å². The van der Waals surface area contributed by atoms with Crippen LogP contribution in [0.3, 0.4) is 0 Å². The van der Waals surface area contributed by atoms with Gasteiger partial charge in [0.1, 0.15) is 17.5 Å². The number of aromatic nitrogens is 3. The number of hydrogen-bond acceptors (Lipinski definition) is 4. The van der Waals surface area contributed by atoms with Gasteiger partial charge in [-0.05, 0) is 37.6 Å². The summed E-state index contributed by atoms with van der Waals surface area (Å²) in [6.07, 6.45) is 5.86. The van der Waals surface area contributed by atoms with Crippen LogP contribution in [0.1, 0.15) is 47.5 Å². The summed E-state index contributed by atoms with van der Waals surface area (Å²) in [5, 5.41) is 3.11. The zero-order valence-corrected chi connectivity index (χ0v) is 15.4. The van der Waals surface area contributed by atoms with Crippen LogP contribution in [0, 0.1) is 12.7 Å². The van der Waals surface area contributed by atoms with Crippen molar-refractivity contribution < 1.29 is 13.2 Å². The van der Waals surface area contributed by atoms with E-state index in [0.717, 1.165) is 11.6 Å². The maximum absolute atomic E-state index is 14.5. The van der Waals surface area contributed by atoms with Crippen molar-refractivity contribution in [2.75, 3.05) is 5.32 Å². The van der Waals surface area contributed by atoms with Crippen molar-refractivity contribution in [3.05, 3.63) is 82.8 Å². The lowest BCUT2D eigenvalue weighted by molar-refractivity contribution is 0.146. The number of anilines is 1. The van der Waals surface area contributed by atoms with Crippen molar-refractivity contribution >= 4 is 18.0 Å². The minimum absolute atomic E-state index is 0.151. The Morgan fingerprint density at radius 3 is 2.46 bits per heavy atom. The topological polar surface area (TPSA) is 50.7 Å². The monoisotopic (exact) mass is 384 g/mol. The van der Waals surface area contributed by atoms with Gasteiger partial charge in [-0.1, -0.05) is 24.3 Å². The molecule has 1 N–H and O–H groups in total. The van der Waals surface area contributed by atoms with Crippen LogP contribution in [0.5, 0.6) is 0 Å². The lowest BCUT2D eigenvalue weighted by Crippen LogP contribution is -2.12. The SMILES string of the molecule is Cc1ncc(/C=C/c2ccncc2)c(N[C@H](C)c2cccc(C(F)F)c2F)n1.